The number of benzene rings is 2. The average Bonchev–Trinajstić information content (AvgIpc) is 3.28. The second-order valence-corrected chi connectivity index (χ2v) is 11.7. The molecule has 0 unspecified atom stereocenters. The van der Waals surface area contributed by atoms with E-state index in [9.17, 15) is 27.6 Å². The van der Waals surface area contributed by atoms with Crippen molar-refractivity contribution in [3.8, 4) is 11.5 Å². The van der Waals surface area contributed by atoms with Crippen LogP contribution in [0.15, 0.2) is 42.5 Å². The molecule has 3 heterocycles. The zero-order chi connectivity index (χ0) is 30.1. The summed E-state index contributed by atoms with van der Waals surface area (Å²) >= 11 is 0. The van der Waals surface area contributed by atoms with E-state index in [4.69, 9.17) is 9.47 Å². The van der Waals surface area contributed by atoms with Crippen molar-refractivity contribution in [2.75, 3.05) is 26.2 Å². The molecule has 2 aromatic rings. The first-order valence-corrected chi connectivity index (χ1v) is 14.0. The van der Waals surface area contributed by atoms with E-state index < -0.39 is 30.3 Å². The average molecular weight is 590 g/mol. The van der Waals surface area contributed by atoms with Gasteiger partial charge < -0.3 is 19.2 Å². The number of nitrogens with one attached hydrogen (secondary N) is 1. The Bertz CT molecular complexity index is 1340. The number of carbonyl (C=O) groups is 3. The summed E-state index contributed by atoms with van der Waals surface area (Å²) in [5.41, 5.74) is 3.41. The van der Waals surface area contributed by atoms with E-state index in [0.29, 0.717) is 24.2 Å². The molecule has 226 valence electrons. The number of para-hydroxylation sites is 1. The highest BCUT2D eigenvalue weighted by molar-refractivity contribution is 5.97. The van der Waals surface area contributed by atoms with E-state index in [1.807, 2.05) is 26.0 Å². The molecule has 0 aromatic heterocycles. The standard InChI is InChI=1S/C30H34F3N3O6/c1-28(2)40-23-9-5-7-21(25(23)41-28)19-35-14-10-29(11-15-35)12-16-36(17-13-29)26(38)22-8-4-3-6-20(22)18-24(37)34-42-27(39)30(31,32)33/h3-9H,10-19H2,1-2H3,(H,34,37). The van der Waals surface area contributed by atoms with Gasteiger partial charge in [-0.3, -0.25) is 14.5 Å². The SMILES string of the molecule is CC1(C)Oc2cccc(CN3CCC4(CC3)CCN(C(=O)c3ccccc3CC(=O)NOC(=O)C(F)(F)F)CC4)c2O1. The van der Waals surface area contributed by atoms with Crippen molar-refractivity contribution in [1.82, 2.24) is 15.3 Å². The minimum absolute atomic E-state index is 0.162. The van der Waals surface area contributed by atoms with Crippen molar-refractivity contribution in [3.05, 3.63) is 59.2 Å². The summed E-state index contributed by atoms with van der Waals surface area (Å²) in [6.07, 6.45) is -1.85. The first-order chi connectivity index (χ1) is 19.8. The van der Waals surface area contributed by atoms with Gasteiger partial charge in [-0.25, -0.2) is 4.79 Å². The molecule has 3 aliphatic rings. The number of halogens is 3. The third kappa shape index (κ3) is 6.64. The molecule has 0 atom stereocenters. The molecule has 0 radical (unpaired) electrons. The van der Waals surface area contributed by atoms with Gasteiger partial charge in [-0.15, -0.1) is 0 Å². The lowest BCUT2D eigenvalue weighted by molar-refractivity contribution is -0.207. The number of amides is 2. The van der Waals surface area contributed by atoms with Crippen LogP contribution in [0.25, 0.3) is 0 Å². The molecule has 0 aliphatic carbocycles. The predicted octanol–water partition coefficient (Wildman–Crippen LogP) is 4.39. The summed E-state index contributed by atoms with van der Waals surface area (Å²) in [5.74, 6) is -2.82. The van der Waals surface area contributed by atoms with Crippen molar-refractivity contribution in [1.29, 1.82) is 0 Å². The summed E-state index contributed by atoms with van der Waals surface area (Å²) in [6, 6.07) is 12.4. The predicted molar refractivity (Wildman–Crippen MR) is 144 cm³/mol. The topological polar surface area (TPSA) is 97.4 Å². The van der Waals surface area contributed by atoms with E-state index in [0.717, 1.165) is 62.4 Å². The smallest absolute Gasteiger partial charge is 0.449 e. The van der Waals surface area contributed by atoms with Gasteiger partial charge in [0, 0.05) is 44.6 Å². The maximum Gasteiger partial charge on any atom is 0.493 e. The lowest BCUT2D eigenvalue weighted by atomic mass is 9.71. The summed E-state index contributed by atoms with van der Waals surface area (Å²) in [6.45, 7) is 7.62. The number of hydroxylamine groups is 1. The van der Waals surface area contributed by atoms with Gasteiger partial charge in [-0.1, -0.05) is 30.3 Å². The Morgan fingerprint density at radius 3 is 2.24 bits per heavy atom. The van der Waals surface area contributed by atoms with Gasteiger partial charge in [0.05, 0.1) is 6.42 Å². The molecule has 2 amide bonds. The normalized spacial score (nSPS) is 19.4. The molecule has 12 heteroatoms. The van der Waals surface area contributed by atoms with Gasteiger partial charge in [-0.2, -0.15) is 18.7 Å². The molecular weight excluding hydrogens is 555 g/mol. The number of hydrogen-bond acceptors (Lipinski definition) is 7. The number of hydrogen-bond donors (Lipinski definition) is 1. The lowest BCUT2D eigenvalue weighted by Gasteiger charge is -2.47. The Hall–Kier alpha value is -3.80. The summed E-state index contributed by atoms with van der Waals surface area (Å²) in [4.78, 5) is 44.4. The number of rotatable bonds is 5. The van der Waals surface area contributed by atoms with Crippen molar-refractivity contribution in [2.45, 2.75) is 64.5 Å². The van der Waals surface area contributed by atoms with Crippen molar-refractivity contribution in [2.24, 2.45) is 5.41 Å². The minimum atomic E-state index is -5.23. The maximum absolute atomic E-state index is 13.4. The number of piperidine rings is 2. The first kappa shape index (κ1) is 29.7. The van der Waals surface area contributed by atoms with Crippen LogP contribution in [0, 0.1) is 5.41 Å². The van der Waals surface area contributed by atoms with Crippen LogP contribution in [0.5, 0.6) is 11.5 Å². The quantitative estimate of drug-likeness (QED) is 0.517. The van der Waals surface area contributed by atoms with E-state index >= 15 is 0 Å². The Labute approximate surface area is 241 Å². The van der Waals surface area contributed by atoms with Crippen LogP contribution in [-0.2, 0) is 27.4 Å². The van der Waals surface area contributed by atoms with Gasteiger partial charge in [0.15, 0.2) is 11.5 Å². The van der Waals surface area contributed by atoms with Crippen molar-refractivity contribution in [3.63, 3.8) is 0 Å². The Morgan fingerprint density at radius 1 is 0.905 bits per heavy atom. The molecule has 5 rings (SSSR count). The minimum Gasteiger partial charge on any atom is -0.449 e. The molecule has 42 heavy (non-hydrogen) atoms. The fourth-order valence-electron chi connectivity index (χ4n) is 5.95. The van der Waals surface area contributed by atoms with E-state index in [1.165, 1.54) is 5.48 Å². The fourth-order valence-corrected chi connectivity index (χ4v) is 5.95. The van der Waals surface area contributed by atoms with Crippen LogP contribution in [0.2, 0.25) is 0 Å². The second kappa shape index (κ2) is 11.5. The summed E-state index contributed by atoms with van der Waals surface area (Å²) < 4.78 is 48.9. The van der Waals surface area contributed by atoms with Crippen LogP contribution in [0.3, 0.4) is 0 Å². The Kier molecular flexibility index (Phi) is 8.10. The maximum atomic E-state index is 13.4. The zero-order valence-corrected chi connectivity index (χ0v) is 23.6. The van der Waals surface area contributed by atoms with Crippen LogP contribution >= 0.6 is 0 Å². The fraction of sp³-hybridized carbons (Fsp3) is 0.500. The van der Waals surface area contributed by atoms with Crippen LogP contribution < -0.4 is 15.0 Å². The van der Waals surface area contributed by atoms with Gasteiger partial charge in [0.1, 0.15) is 0 Å². The molecule has 3 aliphatic heterocycles. The number of likely N-dealkylation sites (tertiary alicyclic amines) is 2. The third-order valence-corrected chi connectivity index (χ3v) is 8.27. The number of carbonyl (C=O) groups excluding carboxylic acids is 3. The molecule has 1 spiro atoms. The lowest BCUT2D eigenvalue weighted by Crippen LogP contribution is -2.48. The van der Waals surface area contributed by atoms with E-state index in [2.05, 4.69) is 15.8 Å². The molecule has 1 N–H and O–H groups in total. The van der Waals surface area contributed by atoms with Gasteiger partial charge in [-0.05, 0) is 61.9 Å². The van der Waals surface area contributed by atoms with Gasteiger partial charge >= 0.3 is 12.1 Å². The number of nitrogens with zero attached hydrogens (tertiary/aromatic N) is 2. The van der Waals surface area contributed by atoms with Crippen LogP contribution in [0.4, 0.5) is 13.2 Å². The van der Waals surface area contributed by atoms with Gasteiger partial charge in [0.25, 0.3) is 11.8 Å². The number of ether oxygens (including phenoxy) is 2. The van der Waals surface area contributed by atoms with Crippen LogP contribution in [-0.4, -0.2) is 65.7 Å². The molecule has 0 bridgehead atoms. The highest BCUT2D eigenvalue weighted by Crippen LogP contribution is 2.44. The number of fused-ring (bicyclic) bond motifs is 1. The van der Waals surface area contributed by atoms with E-state index in [1.54, 1.807) is 29.2 Å². The first-order valence-electron chi connectivity index (χ1n) is 14.0. The monoisotopic (exact) mass is 589 g/mol. The largest absolute Gasteiger partial charge is 0.493 e. The molecule has 0 saturated carbocycles. The highest BCUT2D eigenvalue weighted by Gasteiger charge is 2.42. The molecular formula is C30H34F3N3O6. The molecule has 9 nitrogen and oxygen atoms in total. The van der Waals surface area contributed by atoms with Crippen molar-refractivity contribution >= 4 is 17.8 Å². The van der Waals surface area contributed by atoms with Crippen molar-refractivity contribution < 1.29 is 41.9 Å². The molecule has 2 aromatic carbocycles. The highest BCUT2D eigenvalue weighted by atomic mass is 19.4. The third-order valence-electron chi connectivity index (χ3n) is 8.27. The summed E-state index contributed by atoms with van der Waals surface area (Å²) in [7, 11) is 0. The Morgan fingerprint density at radius 2 is 1.55 bits per heavy atom. The zero-order valence-electron chi connectivity index (χ0n) is 23.6. The Balaban J connectivity index is 1.13. The second-order valence-electron chi connectivity index (χ2n) is 11.7. The molecule has 2 fully saturated rings. The van der Waals surface area contributed by atoms with Gasteiger partial charge in [0.2, 0.25) is 5.79 Å². The van der Waals surface area contributed by atoms with Crippen LogP contribution in [0.1, 0.15) is 61.0 Å². The summed E-state index contributed by atoms with van der Waals surface area (Å²) in [5, 5.41) is 0. The van der Waals surface area contributed by atoms with E-state index in [-0.39, 0.29) is 11.3 Å². The number of alkyl halides is 3. The molecule has 2 saturated heterocycles.